The number of nitro groups is 1. The number of nitrogens with one attached hydrogen (secondary N) is 1. The first-order valence-corrected chi connectivity index (χ1v) is 5.24. The van der Waals surface area contributed by atoms with Crippen LogP contribution in [-0.4, -0.2) is 21.9 Å². The molecule has 0 radical (unpaired) electrons. The molecular formula is C10H14N4O4. The minimum Gasteiger partial charge on any atom is -0.472 e. The summed E-state index contributed by atoms with van der Waals surface area (Å²) in [6.07, 6.45) is 0.358. The van der Waals surface area contributed by atoms with Crippen LogP contribution in [0.1, 0.15) is 13.8 Å². The predicted molar refractivity (Wildman–Crippen MR) is 62.5 cm³/mol. The third kappa shape index (κ3) is 3.14. The van der Waals surface area contributed by atoms with Crippen LogP contribution in [0.3, 0.4) is 0 Å². The molecule has 1 rings (SSSR count). The van der Waals surface area contributed by atoms with E-state index >= 15 is 0 Å². The van der Waals surface area contributed by atoms with E-state index in [-0.39, 0.29) is 11.7 Å². The van der Waals surface area contributed by atoms with Gasteiger partial charge in [-0.15, -0.1) is 0 Å². The zero-order chi connectivity index (χ0) is 13.7. The van der Waals surface area contributed by atoms with Crippen molar-refractivity contribution in [2.24, 2.45) is 11.8 Å². The number of nitrogens with zero attached hydrogens (tertiary/aromatic N) is 2. The minimum atomic E-state index is -0.919. The molecule has 0 saturated carbocycles. The fourth-order valence-corrected chi connectivity index (χ4v) is 1.32. The van der Waals surface area contributed by atoms with E-state index in [0.717, 1.165) is 0 Å². The zero-order valence-corrected chi connectivity index (χ0v) is 9.99. The lowest BCUT2D eigenvalue weighted by Crippen LogP contribution is -2.44. The molecule has 0 fully saturated rings. The van der Waals surface area contributed by atoms with Gasteiger partial charge in [0.15, 0.2) is 6.10 Å². The summed E-state index contributed by atoms with van der Waals surface area (Å²) in [6.45, 7) is 3.48. The number of rotatable bonds is 5. The first kappa shape index (κ1) is 13.8. The van der Waals surface area contributed by atoms with Gasteiger partial charge >= 0.3 is 5.82 Å². The van der Waals surface area contributed by atoms with Crippen molar-refractivity contribution in [2.45, 2.75) is 20.0 Å². The molecule has 0 spiro atoms. The maximum absolute atomic E-state index is 11.5. The first-order chi connectivity index (χ1) is 8.47. The number of amides is 1. The topological polar surface area (TPSA) is 120 Å². The molecule has 8 nitrogen and oxygen atoms in total. The Kier molecular flexibility index (Phi) is 4.55. The number of carbonyl (C=O) groups is 1. The van der Waals surface area contributed by atoms with Crippen molar-refractivity contribution in [3.05, 3.63) is 28.4 Å². The highest BCUT2D eigenvalue weighted by Gasteiger charge is 2.27. The van der Waals surface area contributed by atoms with Crippen molar-refractivity contribution in [1.29, 1.82) is 0 Å². The fraction of sp³-hybridized carbons (Fsp3) is 0.400. The standard InChI is InChI=1S/C10H14N4O4/c1-6(2)8(10(15)13-11)18-7-4-3-5-12-9(7)14(16)17/h3-6,8H,11H2,1-2H3,(H,13,15). The lowest BCUT2D eigenvalue weighted by Gasteiger charge is -2.20. The predicted octanol–water partition coefficient (Wildman–Crippen LogP) is 0.383. The van der Waals surface area contributed by atoms with E-state index < -0.39 is 22.8 Å². The van der Waals surface area contributed by atoms with Crippen molar-refractivity contribution < 1.29 is 14.5 Å². The van der Waals surface area contributed by atoms with Gasteiger partial charge < -0.3 is 14.9 Å². The van der Waals surface area contributed by atoms with E-state index in [9.17, 15) is 14.9 Å². The van der Waals surface area contributed by atoms with Gasteiger partial charge in [0, 0.05) is 0 Å². The Labute approximate surface area is 103 Å². The molecule has 0 aliphatic heterocycles. The highest BCUT2D eigenvalue weighted by Crippen LogP contribution is 2.25. The van der Waals surface area contributed by atoms with Gasteiger partial charge in [0.05, 0.1) is 0 Å². The molecule has 0 aliphatic rings. The Morgan fingerprint density at radius 2 is 2.28 bits per heavy atom. The quantitative estimate of drug-likeness (QED) is 0.339. The zero-order valence-electron chi connectivity index (χ0n) is 9.99. The molecule has 1 aromatic heterocycles. The lowest BCUT2D eigenvalue weighted by atomic mass is 10.1. The molecule has 1 amide bonds. The molecule has 18 heavy (non-hydrogen) atoms. The van der Waals surface area contributed by atoms with E-state index in [2.05, 4.69) is 4.98 Å². The summed E-state index contributed by atoms with van der Waals surface area (Å²) in [4.78, 5) is 25.2. The van der Waals surface area contributed by atoms with Crippen LogP contribution in [0.2, 0.25) is 0 Å². The second-order valence-corrected chi connectivity index (χ2v) is 3.87. The largest absolute Gasteiger partial charge is 0.472 e. The third-order valence-corrected chi connectivity index (χ3v) is 2.18. The average molecular weight is 254 g/mol. The summed E-state index contributed by atoms with van der Waals surface area (Å²) in [5, 5.41) is 10.8. The first-order valence-electron chi connectivity index (χ1n) is 5.24. The Morgan fingerprint density at radius 1 is 1.61 bits per heavy atom. The maximum atomic E-state index is 11.5. The Balaban J connectivity index is 3.01. The van der Waals surface area contributed by atoms with Crippen molar-refractivity contribution in [1.82, 2.24) is 10.4 Å². The molecule has 1 aromatic rings. The van der Waals surface area contributed by atoms with Crippen molar-refractivity contribution >= 4 is 11.7 Å². The number of ether oxygens (including phenoxy) is 1. The average Bonchev–Trinajstić information content (AvgIpc) is 2.34. The maximum Gasteiger partial charge on any atom is 0.406 e. The van der Waals surface area contributed by atoms with Crippen molar-refractivity contribution in [3.8, 4) is 5.75 Å². The number of hydrogen-bond acceptors (Lipinski definition) is 6. The SMILES string of the molecule is CC(C)C(Oc1cccnc1[N+](=O)[O-])C(=O)NN. The monoisotopic (exact) mass is 254 g/mol. The van der Waals surface area contributed by atoms with E-state index in [1.807, 2.05) is 5.43 Å². The highest BCUT2D eigenvalue weighted by molar-refractivity contribution is 5.80. The Bertz CT molecular complexity index is 449. The summed E-state index contributed by atoms with van der Waals surface area (Å²) in [7, 11) is 0. The summed E-state index contributed by atoms with van der Waals surface area (Å²) in [5.41, 5.74) is 1.96. The molecule has 8 heteroatoms. The fourth-order valence-electron chi connectivity index (χ4n) is 1.32. The van der Waals surface area contributed by atoms with E-state index in [1.54, 1.807) is 13.8 Å². The number of hydrazine groups is 1. The molecule has 1 atom stereocenters. The second-order valence-electron chi connectivity index (χ2n) is 3.87. The summed E-state index contributed by atoms with van der Waals surface area (Å²) in [5.74, 6) is 3.78. The van der Waals surface area contributed by atoms with Crippen LogP contribution in [0.15, 0.2) is 18.3 Å². The number of hydrogen-bond donors (Lipinski definition) is 2. The van der Waals surface area contributed by atoms with Crippen LogP contribution in [0.25, 0.3) is 0 Å². The third-order valence-electron chi connectivity index (χ3n) is 2.18. The second kappa shape index (κ2) is 5.92. The molecular weight excluding hydrogens is 240 g/mol. The van der Waals surface area contributed by atoms with Crippen LogP contribution >= 0.6 is 0 Å². The lowest BCUT2D eigenvalue weighted by molar-refractivity contribution is -0.390. The van der Waals surface area contributed by atoms with Gasteiger partial charge in [-0.3, -0.25) is 10.2 Å². The Morgan fingerprint density at radius 3 is 2.78 bits per heavy atom. The van der Waals surface area contributed by atoms with Gasteiger partial charge in [0.2, 0.25) is 5.75 Å². The summed E-state index contributed by atoms with van der Waals surface area (Å²) >= 11 is 0. The van der Waals surface area contributed by atoms with Crippen molar-refractivity contribution in [2.75, 3.05) is 0 Å². The van der Waals surface area contributed by atoms with Gasteiger partial charge in [0.25, 0.3) is 5.91 Å². The molecule has 0 bridgehead atoms. The van der Waals surface area contributed by atoms with Crippen LogP contribution in [0.5, 0.6) is 5.75 Å². The molecule has 1 unspecified atom stereocenters. The molecule has 3 N–H and O–H groups in total. The van der Waals surface area contributed by atoms with Crippen LogP contribution in [0.4, 0.5) is 5.82 Å². The van der Waals surface area contributed by atoms with Crippen LogP contribution in [-0.2, 0) is 4.79 Å². The summed E-state index contributed by atoms with van der Waals surface area (Å²) in [6, 6.07) is 2.87. The molecule has 0 aliphatic carbocycles. The normalized spacial score (nSPS) is 12.0. The smallest absolute Gasteiger partial charge is 0.406 e. The minimum absolute atomic E-state index is 0.0650. The number of nitrogens with two attached hydrogens (primary N) is 1. The molecule has 0 aromatic carbocycles. The van der Waals surface area contributed by atoms with Gasteiger partial charge in [0.1, 0.15) is 6.20 Å². The number of aromatic nitrogens is 1. The molecule has 1 heterocycles. The number of carbonyl (C=O) groups excluding carboxylic acids is 1. The van der Waals surface area contributed by atoms with Gasteiger partial charge in [-0.1, -0.05) is 13.8 Å². The van der Waals surface area contributed by atoms with Gasteiger partial charge in [-0.25, -0.2) is 5.84 Å². The Hall–Kier alpha value is -2.22. The van der Waals surface area contributed by atoms with E-state index in [4.69, 9.17) is 10.6 Å². The van der Waals surface area contributed by atoms with Crippen molar-refractivity contribution in [3.63, 3.8) is 0 Å². The van der Waals surface area contributed by atoms with Gasteiger partial charge in [-0.2, -0.15) is 0 Å². The van der Waals surface area contributed by atoms with Crippen LogP contribution in [0, 0.1) is 16.0 Å². The van der Waals surface area contributed by atoms with Crippen LogP contribution < -0.4 is 16.0 Å². The molecule has 98 valence electrons. The van der Waals surface area contributed by atoms with E-state index in [0.29, 0.717) is 0 Å². The highest BCUT2D eigenvalue weighted by atomic mass is 16.6. The van der Waals surface area contributed by atoms with E-state index in [1.165, 1.54) is 18.3 Å². The number of pyridine rings is 1. The van der Waals surface area contributed by atoms with Gasteiger partial charge in [-0.05, 0) is 28.0 Å². The summed E-state index contributed by atoms with van der Waals surface area (Å²) < 4.78 is 5.32. The molecule has 0 saturated heterocycles.